The molecule has 1 unspecified atom stereocenters. The number of halogens is 3. The molecule has 2 nitrogen and oxygen atoms in total. The lowest BCUT2D eigenvalue weighted by atomic mass is 10.0. The summed E-state index contributed by atoms with van der Waals surface area (Å²) in [5.41, 5.74) is 0.793. The van der Waals surface area contributed by atoms with Crippen LogP contribution >= 0.6 is 0 Å². The summed E-state index contributed by atoms with van der Waals surface area (Å²) < 4.78 is 38.7. The maximum Gasteiger partial charge on any atom is 0.408 e. The normalized spacial score (nSPS) is 20.4. The molecule has 1 saturated heterocycles. The second-order valence-corrected chi connectivity index (χ2v) is 4.83. The summed E-state index contributed by atoms with van der Waals surface area (Å²) in [6, 6.07) is 7.39. The molecule has 0 aliphatic carbocycles. The van der Waals surface area contributed by atoms with Crippen LogP contribution in [-0.2, 0) is 4.79 Å². The first-order valence-electron chi connectivity index (χ1n) is 6.59. The first-order valence-corrected chi connectivity index (χ1v) is 6.59. The van der Waals surface area contributed by atoms with Crippen molar-refractivity contribution in [2.45, 2.75) is 31.5 Å². The van der Waals surface area contributed by atoms with E-state index in [-0.39, 0.29) is 13.0 Å². The molecule has 108 valence electrons. The molecular weight excluding hydrogens is 267 g/mol. The van der Waals surface area contributed by atoms with Gasteiger partial charge in [0.2, 0.25) is 5.91 Å². The van der Waals surface area contributed by atoms with Crippen LogP contribution in [0.2, 0.25) is 0 Å². The Labute approximate surface area is 115 Å². The Morgan fingerprint density at radius 3 is 2.55 bits per heavy atom. The van der Waals surface area contributed by atoms with Crippen molar-refractivity contribution in [2.24, 2.45) is 0 Å². The Morgan fingerprint density at radius 2 is 1.90 bits per heavy atom. The Hall–Kier alpha value is -1.78. The van der Waals surface area contributed by atoms with E-state index in [9.17, 15) is 18.0 Å². The number of rotatable bonds is 2. The molecule has 5 heteroatoms. The van der Waals surface area contributed by atoms with E-state index in [1.165, 1.54) is 6.08 Å². The van der Waals surface area contributed by atoms with E-state index in [4.69, 9.17) is 0 Å². The van der Waals surface area contributed by atoms with Crippen molar-refractivity contribution < 1.29 is 18.0 Å². The van der Waals surface area contributed by atoms with Crippen molar-refractivity contribution in [1.29, 1.82) is 0 Å². The number of nitrogens with zero attached hydrogens (tertiary/aromatic N) is 1. The van der Waals surface area contributed by atoms with Crippen LogP contribution in [0.5, 0.6) is 0 Å². The smallest absolute Gasteiger partial charge is 0.327 e. The fourth-order valence-electron chi connectivity index (χ4n) is 2.36. The van der Waals surface area contributed by atoms with Gasteiger partial charge in [0.05, 0.1) is 0 Å². The highest BCUT2D eigenvalue weighted by Gasteiger charge is 2.45. The maximum absolute atomic E-state index is 12.9. The van der Waals surface area contributed by atoms with Gasteiger partial charge >= 0.3 is 6.18 Å². The Kier molecular flexibility index (Phi) is 4.47. The summed E-state index contributed by atoms with van der Waals surface area (Å²) in [5, 5.41) is 0. The van der Waals surface area contributed by atoms with E-state index in [1.54, 1.807) is 18.2 Å². The highest BCUT2D eigenvalue weighted by molar-refractivity contribution is 5.92. The predicted octanol–water partition coefficient (Wildman–Crippen LogP) is 3.64. The lowest BCUT2D eigenvalue weighted by molar-refractivity contribution is -0.193. The van der Waals surface area contributed by atoms with E-state index >= 15 is 0 Å². The lowest BCUT2D eigenvalue weighted by Crippen LogP contribution is -2.50. The molecule has 1 fully saturated rings. The van der Waals surface area contributed by atoms with Gasteiger partial charge in [-0.2, -0.15) is 13.2 Å². The van der Waals surface area contributed by atoms with Gasteiger partial charge in [0.15, 0.2) is 0 Å². The lowest BCUT2D eigenvalue weighted by Gasteiger charge is -2.36. The first kappa shape index (κ1) is 14.6. The van der Waals surface area contributed by atoms with Gasteiger partial charge in [-0.15, -0.1) is 0 Å². The number of hydrogen-bond donors (Lipinski definition) is 0. The predicted molar refractivity (Wildman–Crippen MR) is 70.9 cm³/mol. The first-order chi connectivity index (χ1) is 9.48. The van der Waals surface area contributed by atoms with Crippen molar-refractivity contribution in [1.82, 2.24) is 4.90 Å². The molecule has 1 heterocycles. The van der Waals surface area contributed by atoms with E-state index in [2.05, 4.69) is 0 Å². The number of alkyl halides is 3. The fourth-order valence-corrected chi connectivity index (χ4v) is 2.36. The number of carbonyl (C=O) groups excluding carboxylic acids is 1. The molecule has 1 aliphatic heterocycles. The number of carbonyl (C=O) groups is 1. The van der Waals surface area contributed by atoms with Crippen molar-refractivity contribution in [3.8, 4) is 0 Å². The molecule has 1 aromatic rings. The SMILES string of the molecule is O=C(/C=C/c1ccccc1)N1CCCCC1C(F)(F)F. The van der Waals surface area contributed by atoms with Crippen LogP contribution < -0.4 is 0 Å². The number of likely N-dealkylation sites (tertiary alicyclic amines) is 1. The number of hydrogen-bond acceptors (Lipinski definition) is 1. The van der Waals surface area contributed by atoms with Gasteiger partial charge < -0.3 is 4.90 Å². The van der Waals surface area contributed by atoms with Crippen LogP contribution in [0.3, 0.4) is 0 Å². The minimum Gasteiger partial charge on any atom is -0.327 e. The average Bonchev–Trinajstić information content (AvgIpc) is 2.45. The molecule has 20 heavy (non-hydrogen) atoms. The third-order valence-electron chi connectivity index (χ3n) is 3.38. The van der Waals surface area contributed by atoms with Gasteiger partial charge in [-0.25, -0.2) is 0 Å². The molecule has 1 aromatic carbocycles. The molecule has 1 aliphatic rings. The number of piperidine rings is 1. The summed E-state index contributed by atoms with van der Waals surface area (Å²) >= 11 is 0. The van der Waals surface area contributed by atoms with E-state index in [1.807, 2.05) is 18.2 Å². The second kappa shape index (κ2) is 6.11. The molecule has 0 bridgehead atoms. The van der Waals surface area contributed by atoms with Gasteiger partial charge in [-0.05, 0) is 30.9 Å². The molecule has 0 saturated carbocycles. The molecule has 0 radical (unpaired) electrons. The Morgan fingerprint density at radius 1 is 1.20 bits per heavy atom. The molecule has 2 rings (SSSR count). The van der Waals surface area contributed by atoms with E-state index < -0.39 is 18.1 Å². The molecule has 1 amide bonds. The Bertz CT molecular complexity index is 482. The van der Waals surface area contributed by atoms with Crippen LogP contribution in [0.4, 0.5) is 13.2 Å². The summed E-state index contributed by atoms with van der Waals surface area (Å²) in [6.45, 7) is 0.169. The quantitative estimate of drug-likeness (QED) is 0.759. The minimum atomic E-state index is -4.35. The van der Waals surface area contributed by atoms with Gasteiger partial charge in [-0.1, -0.05) is 30.3 Å². The van der Waals surface area contributed by atoms with Gasteiger partial charge in [0.25, 0.3) is 0 Å². The number of benzene rings is 1. The third-order valence-corrected chi connectivity index (χ3v) is 3.38. The third kappa shape index (κ3) is 3.62. The summed E-state index contributed by atoms with van der Waals surface area (Å²) in [5.74, 6) is -0.573. The maximum atomic E-state index is 12.9. The highest BCUT2D eigenvalue weighted by atomic mass is 19.4. The van der Waals surface area contributed by atoms with Crippen LogP contribution in [-0.4, -0.2) is 29.6 Å². The van der Waals surface area contributed by atoms with Crippen molar-refractivity contribution in [2.75, 3.05) is 6.54 Å². The summed E-state index contributed by atoms with van der Waals surface area (Å²) in [6.07, 6.45) is -0.456. The van der Waals surface area contributed by atoms with E-state index in [0.717, 1.165) is 10.5 Å². The topological polar surface area (TPSA) is 20.3 Å². The second-order valence-electron chi connectivity index (χ2n) is 4.83. The monoisotopic (exact) mass is 283 g/mol. The highest BCUT2D eigenvalue weighted by Crippen LogP contribution is 2.31. The molecule has 1 atom stereocenters. The summed E-state index contributed by atoms with van der Waals surface area (Å²) in [7, 11) is 0. The van der Waals surface area contributed by atoms with Crippen LogP contribution in [0.25, 0.3) is 6.08 Å². The minimum absolute atomic E-state index is 0.00554. The largest absolute Gasteiger partial charge is 0.408 e. The molecule has 0 spiro atoms. The van der Waals surface area contributed by atoms with E-state index in [0.29, 0.717) is 12.8 Å². The van der Waals surface area contributed by atoms with Gasteiger partial charge in [-0.3, -0.25) is 4.79 Å². The number of amides is 1. The standard InChI is InChI=1S/C15H16F3NO/c16-15(17,18)13-8-4-5-11-19(13)14(20)10-9-12-6-2-1-3-7-12/h1-3,6-7,9-10,13H,4-5,8,11H2/b10-9+. The molecule has 0 N–H and O–H groups in total. The fraction of sp³-hybridized carbons (Fsp3) is 0.400. The van der Waals surface area contributed by atoms with Crippen LogP contribution in [0.15, 0.2) is 36.4 Å². The van der Waals surface area contributed by atoms with Crippen LogP contribution in [0, 0.1) is 0 Å². The summed E-state index contributed by atoms with van der Waals surface area (Å²) in [4.78, 5) is 12.9. The van der Waals surface area contributed by atoms with Gasteiger partial charge in [0, 0.05) is 12.6 Å². The average molecular weight is 283 g/mol. The zero-order valence-electron chi connectivity index (χ0n) is 10.9. The van der Waals surface area contributed by atoms with Crippen LogP contribution in [0.1, 0.15) is 24.8 Å². The van der Waals surface area contributed by atoms with Gasteiger partial charge in [0.1, 0.15) is 6.04 Å². The zero-order valence-corrected chi connectivity index (χ0v) is 10.9. The Balaban J connectivity index is 2.09. The molecule has 0 aromatic heterocycles. The molecular formula is C15H16F3NO. The van der Waals surface area contributed by atoms with Crippen molar-refractivity contribution in [3.63, 3.8) is 0 Å². The van der Waals surface area contributed by atoms with Crippen molar-refractivity contribution in [3.05, 3.63) is 42.0 Å². The van der Waals surface area contributed by atoms with Crippen molar-refractivity contribution >= 4 is 12.0 Å². The zero-order chi connectivity index (χ0) is 14.6.